The van der Waals surface area contributed by atoms with Crippen LogP contribution in [0.4, 0.5) is 0 Å². The zero-order valence-corrected chi connectivity index (χ0v) is 33.0. The van der Waals surface area contributed by atoms with Crippen molar-refractivity contribution in [2.24, 2.45) is 11.8 Å². The topological polar surface area (TPSA) is 74.8 Å². The summed E-state index contributed by atoms with van der Waals surface area (Å²) in [7, 11) is 0. The molecule has 2 unspecified atom stereocenters. The van der Waals surface area contributed by atoms with Gasteiger partial charge in [0.25, 0.3) is 23.6 Å². The molecular weight excluding hydrogens is 669 g/mol. The van der Waals surface area contributed by atoms with Crippen molar-refractivity contribution in [3.05, 3.63) is 70.8 Å². The number of rotatable bonds is 20. The Morgan fingerprint density at radius 2 is 0.667 bits per heavy atom. The van der Waals surface area contributed by atoms with E-state index in [9.17, 15) is 19.2 Å². The largest absolute Gasteiger partial charge is 0.274 e. The number of hydrogen-bond donors (Lipinski definition) is 0. The van der Waals surface area contributed by atoms with E-state index in [-0.39, 0.29) is 23.6 Å². The summed E-state index contributed by atoms with van der Waals surface area (Å²) >= 11 is 0. The highest BCUT2D eigenvalue weighted by molar-refractivity contribution is 6.41. The second-order valence-corrected chi connectivity index (χ2v) is 16.3. The summed E-state index contributed by atoms with van der Waals surface area (Å²) in [6.45, 7) is 9.76. The predicted octanol–water partition coefficient (Wildman–Crippen LogP) is 12.5. The monoisotopic (exact) mass is 726 g/mol. The van der Waals surface area contributed by atoms with Gasteiger partial charge in [-0.15, -0.1) is 0 Å². The third kappa shape index (κ3) is 6.79. The third-order valence-corrected chi connectivity index (χ3v) is 12.7. The van der Waals surface area contributed by atoms with Crippen molar-refractivity contribution in [1.82, 2.24) is 9.80 Å². The van der Waals surface area contributed by atoms with Gasteiger partial charge >= 0.3 is 0 Å². The highest BCUT2D eigenvalue weighted by Gasteiger charge is 2.37. The summed E-state index contributed by atoms with van der Waals surface area (Å²) in [4.78, 5) is 59.5. The fraction of sp³-hybridized carbons (Fsp3) is 0.500. The lowest BCUT2D eigenvalue weighted by Crippen LogP contribution is -2.41. The molecule has 4 amide bonds. The lowest BCUT2D eigenvalue weighted by Gasteiger charge is -2.31. The summed E-state index contributed by atoms with van der Waals surface area (Å²) in [6, 6.07) is 15.6. The van der Waals surface area contributed by atoms with E-state index in [4.69, 9.17) is 0 Å². The van der Waals surface area contributed by atoms with Crippen LogP contribution in [0.15, 0.2) is 48.5 Å². The molecule has 0 fully saturated rings. The number of amides is 4. The number of nitrogens with zero attached hydrogens (tertiary/aromatic N) is 2. The number of carbonyl (C=O) groups is 4. The Labute approximate surface area is 321 Å². The molecule has 0 bridgehead atoms. The predicted molar refractivity (Wildman–Crippen MR) is 222 cm³/mol. The van der Waals surface area contributed by atoms with Gasteiger partial charge in [-0.1, -0.05) is 142 Å². The first-order valence-electron chi connectivity index (χ1n) is 21.3. The van der Waals surface area contributed by atoms with Crippen LogP contribution in [0.25, 0.3) is 43.1 Å². The van der Waals surface area contributed by atoms with E-state index < -0.39 is 0 Å². The zero-order chi connectivity index (χ0) is 37.9. The molecular formula is C48H58N2O4. The molecule has 284 valence electrons. The van der Waals surface area contributed by atoms with E-state index in [2.05, 4.69) is 27.7 Å². The smallest absolute Gasteiger partial charge is 0.261 e. The summed E-state index contributed by atoms with van der Waals surface area (Å²) in [5, 5.41) is 6.96. The van der Waals surface area contributed by atoms with Crippen LogP contribution in [0.5, 0.6) is 0 Å². The van der Waals surface area contributed by atoms with Gasteiger partial charge in [0.1, 0.15) is 0 Å². The van der Waals surface area contributed by atoms with Gasteiger partial charge in [-0.2, -0.15) is 0 Å². The van der Waals surface area contributed by atoms with Gasteiger partial charge in [-0.25, -0.2) is 0 Å². The Morgan fingerprint density at radius 1 is 0.370 bits per heavy atom. The Kier molecular flexibility index (Phi) is 11.7. The molecule has 6 heteroatoms. The molecule has 54 heavy (non-hydrogen) atoms. The summed E-state index contributed by atoms with van der Waals surface area (Å²) < 4.78 is 0. The highest BCUT2D eigenvalue weighted by atomic mass is 16.2. The van der Waals surface area contributed by atoms with E-state index in [1.54, 1.807) is 0 Å². The maximum absolute atomic E-state index is 14.1. The van der Waals surface area contributed by atoms with Crippen molar-refractivity contribution in [3.63, 3.8) is 0 Å². The first kappa shape index (κ1) is 38.0. The van der Waals surface area contributed by atoms with Crippen LogP contribution in [0.1, 0.15) is 172 Å². The van der Waals surface area contributed by atoms with Crippen LogP contribution in [0.3, 0.4) is 0 Å². The number of fused-ring (bicyclic) bond motifs is 2. The minimum atomic E-state index is -0.214. The van der Waals surface area contributed by atoms with Gasteiger partial charge in [-0.05, 0) is 81.3 Å². The third-order valence-electron chi connectivity index (χ3n) is 12.7. The van der Waals surface area contributed by atoms with Crippen molar-refractivity contribution in [2.75, 3.05) is 13.1 Å². The van der Waals surface area contributed by atoms with E-state index in [1.807, 2.05) is 48.5 Å². The zero-order valence-electron chi connectivity index (χ0n) is 33.0. The van der Waals surface area contributed by atoms with Crippen LogP contribution < -0.4 is 0 Å². The van der Waals surface area contributed by atoms with Gasteiger partial charge in [0.2, 0.25) is 0 Å². The Hall–Kier alpha value is -4.32. The van der Waals surface area contributed by atoms with Crippen LogP contribution in [0, 0.1) is 11.8 Å². The van der Waals surface area contributed by atoms with Crippen LogP contribution in [-0.4, -0.2) is 46.5 Å². The maximum Gasteiger partial charge on any atom is 0.261 e. The van der Waals surface area contributed by atoms with Crippen molar-refractivity contribution in [2.45, 2.75) is 130 Å². The molecule has 0 spiro atoms. The van der Waals surface area contributed by atoms with Crippen LogP contribution in [-0.2, 0) is 0 Å². The summed E-state index contributed by atoms with van der Waals surface area (Å²) in [5.74, 6) is 0.165. The number of imide groups is 2. The molecule has 0 aliphatic carbocycles. The fourth-order valence-corrected chi connectivity index (χ4v) is 9.61. The van der Waals surface area contributed by atoms with Gasteiger partial charge in [-0.3, -0.25) is 29.0 Å². The number of carbonyl (C=O) groups excluding carboxylic acids is 4. The average Bonchev–Trinajstić information content (AvgIpc) is 3.18. The molecule has 2 heterocycles. The van der Waals surface area contributed by atoms with E-state index >= 15 is 0 Å². The molecule has 0 saturated heterocycles. The Balaban J connectivity index is 1.23. The lowest BCUT2D eigenvalue weighted by molar-refractivity contribution is 0.0584. The van der Waals surface area contributed by atoms with Crippen LogP contribution >= 0.6 is 0 Å². The highest BCUT2D eigenvalue weighted by Crippen LogP contribution is 2.46. The first-order chi connectivity index (χ1) is 26.3. The minimum Gasteiger partial charge on any atom is -0.274 e. The van der Waals surface area contributed by atoms with Crippen LogP contribution in [0.2, 0.25) is 0 Å². The van der Waals surface area contributed by atoms with Gasteiger partial charge in [0.15, 0.2) is 0 Å². The van der Waals surface area contributed by atoms with Gasteiger partial charge in [0, 0.05) is 46.1 Å². The Bertz CT molecular complexity index is 1930. The molecule has 0 N–H and O–H groups in total. The van der Waals surface area contributed by atoms with Crippen molar-refractivity contribution < 1.29 is 19.2 Å². The summed E-state index contributed by atoms with van der Waals surface area (Å²) in [6.07, 6.45) is 18.1. The molecule has 5 aromatic carbocycles. The molecule has 0 saturated carbocycles. The Morgan fingerprint density at radius 3 is 0.963 bits per heavy atom. The SMILES string of the molecule is CCCCCC(CCCC)CCN1C(=O)c2ccc3c4ccc5c6c(ccc(c7ccc(c2c37)C1=O)c64)C(=O)N(CCC(CCCC)CCCCC)C5=O. The average molecular weight is 727 g/mol. The molecule has 7 rings (SSSR count). The van der Waals surface area contributed by atoms with Gasteiger partial charge < -0.3 is 0 Å². The van der Waals surface area contributed by atoms with Crippen molar-refractivity contribution in [3.8, 4) is 0 Å². The normalized spacial score (nSPS) is 15.6. The molecule has 0 radical (unpaired) electrons. The van der Waals surface area contributed by atoms with Crippen molar-refractivity contribution in [1.29, 1.82) is 0 Å². The number of unbranched alkanes of at least 4 members (excludes halogenated alkanes) is 6. The second-order valence-electron chi connectivity index (χ2n) is 16.3. The number of hydrogen-bond acceptors (Lipinski definition) is 4. The number of benzene rings is 5. The standard InChI is InChI=1S/C48H58N2O4/c1-5-9-13-17-31(15-11-7-3)27-29-49-45(51)37-23-19-33-35-21-25-39-44-40(26-22-36(42(35)44)34-20-24-38(46(49)52)43(37)41(33)34)48(54)50(47(39)53)30-28-32(16-12-8-4)18-14-10-6-2/h19-26,31-32H,5-18,27-30H2,1-4H3. The van der Waals surface area contributed by atoms with E-state index in [0.717, 1.165) is 94.5 Å². The van der Waals surface area contributed by atoms with E-state index in [1.165, 1.54) is 61.2 Å². The molecule has 6 nitrogen and oxygen atoms in total. The first-order valence-corrected chi connectivity index (χ1v) is 21.3. The maximum atomic E-state index is 14.1. The van der Waals surface area contributed by atoms with E-state index in [0.29, 0.717) is 47.2 Å². The quantitative estimate of drug-likeness (QED) is 0.0346. The molecule has 2 aliphatic rings. The summed E-state index contributed by atoms with van der Waals surface area (Å²) in [5.41, 5.74) is 2.29. The second kappa shape index (κ2) is 16.6. The fourth-order valence-electron chi connectivity index (χ4n) is 9.61. The van der Waals surface area contributed by atoms with Crippen molar-refractivity contribution >= 4 is 66.7 Å². The molecule has 5 aromatic rings. The molecule has 2 aliphatic heterocycles. The van der Waals surface area contributed by atoms with Gasteiger partial charge in [0.05, 0.1) is 0 Å². The lowest BCUT2D eigenvalue weighted by atomic mass is 9.82. The minimum absolute atomic E-state index is 0.214. The molecule has 0 aromatic heterocycles. The molecule has 2 atom stereocenters.